The summed E-state index contributed by atoms with van der Waals surface area (Å²) in [6, 6.07) is 7.09. The maximum Gasteiger partial charge on any atom is 0.351 e. The number of thioether (sulfide) groups is 1. The first-order chi connectivity index (χ1) is 10.4. The molecular formula is C15H17NO5S. The highest BCUT2D eigenvalue weighted by atomic mass is 32.2. The molecule has 0 atom stereocenters. The molecule has 0 aliphatic carbocycles. The highest BCUT2D eigenvalue weighted by molar-refractivity contribution is 8.02. The molecule has 1 aromatic carbocycles. The van der Waals surface area contributed by atoms with E-state index in [9.17, 15) is 9.59 Å². The zero-order valence-electron chi connectivity index (χ0n) is 12.8. The van der Waals surface area contributed by atoms with E-state index in [1.165, 1.54) is 25.6 Å². The lowest BCUT2D eigenvalue weighted by Gasteiger charge is -2.30. The Bertz CT molecular complexity index is 599. The van der Waals surface area contributed by atoms with Gasteiger partial charge < -0.3 is 19.5 Å². The van der Waals surface area contributed by atoms with Crippen molar-refractivity contribution in [3.05, 3.63) is 34.9 Å². The van der Waals surface area contributed by atoms with Crippen LogP contribution in [0.15, 0.2) is 34.9 Å². The molecule has 0 aromatic heterocycles. The summed E-state index contributed by atoms with van der Waals surface area (Å²) >= 11 is 1.22. The number of esters is 2. The van der Waals surface area contributed by atoms with Crippen molar-refractivity contribution in [2.45, 2.75) is 19.6 Å². The lowest BCUT2D eigenvalue weighted by atomic mass is 10.2. The van der Waals surface area contributed by atoms with E-state index in [0.717, 1.165) is 0 Å². The van der Waals surface area contributed by atoms with Crippen molar-refractivity contribution >= 4 is 29.4 Å². The van der Waals surface area contributed by atoms with Crippen molar-refractivity contribution in [1.82, 2.24) is 0 Å². The highest BCUT2D eigenvalue weighted by Crippen LogP contribution is 2.29. The van der Waals surface area contributed by atoms with Crippen LogP contribution in [0.5, 0.6) is 5.75 Å². The van der Waals surface area contributed by atoms with Crippen LogP contribution in [0.3, 0.4) is 0 Å². The number of methoxy groups -OCH3 is 1. The monoisotopic (exact) mass is 323 g/mol. The fourth-order valence-corrected chi connectivity index (χ4v) is 2.45. The van der Waals surface area contributed by atoms with Crippen LogP contribution in [-0.2, 0) is 19.1 Å². The quantitative estimate of drug-likeness (QED) is 0.518. The van der Waals surface area contributed by atoms with E-state index >= 15 is 0 Å². The third-order valence-electron chi connectivity index (χ3n) is 2.86. The van der Waals surface area contributed by atoms with Crippen LogP contribution in [0.25, 0.3) is 0 Å². The molecule has 1 saturated heterocycles. The minimum absolute atomic E-state index is 0.136. The number of hydrogen-bond acceptors (Lipinski definition) is 7. The normalized spacial score (nSPS) is 16.6. The average Bonchev–Trinajstić information content (AvgIpc) is 2.44. The molecule has 22 heavy (non-hydrogen) atoms. The lowest BCUT2D eigenvalue weighted by Crippen LogP contribution is -2.42. The summed E-state index contributed by atoms with van der Waals surface area (Å²) in [4.78, 5) is 24.1. The van der Waals surface area contributed by atoms with E-state index in [-0.39, 0.29) is 5.57 Å². The van der Waals surface area contributed by atoms with Crippen molar-refractivity contribution in [2.24, 2.45) is 0 Å². The molecule has 0 radical (unpaired) electrons. The van der Waals surface area contributed by atoms with Gasteiger partial charge in [0.15, 0.2) is 5.57 Å². The second-order valence-corrected chi connectivity index (χ2v) is 5.76. The number of benzene rings is 1. The first-order valence-corrected chi connectivity index (χ1v) is 7.75. The van der Waals surface area contributed by atoms with Gasteiger partial charge in [-0.05, 0) is 30.5 Å². The Balaban J connectivity index is 2.29. The van der Waals surface area contributed by atoms with Crippen LogP contribution < -0.4 is 10.1 Å². The molecule has 0 saturated carbocycles. The van der Waals surface area contributed by atoms with E-state index in [1.807, 2.05) is 0 Å². The Morgan fingerprint density at radius 3 is 2.14 bits per heavy atom. The van der Waals surface area contributed by atoms with Crippen LogP contribution in [0.4, 0.5) is 5.69 Å². The largest absolute Gasteiger partial charge is 0.497 e. The minimum Gasteiger partial charge on any atom is -0.497 e. The summed E-state index contributed by atoms with van der Waals surface area (Å²) < 4.78 is 15.3. The minimum atomic E-state index is -1.25. The van der Waals surface area contributed by atoms with Gasteiger partial charge in [-0.1, -0.05) is 0 Å². The topological polar surface area (TPSA) is 73.9 Å². The molecular weight excluding hydrogens is 306 g/mol. The molecule has 1 aliphatic rings. The van der Waals surface area contributed by atoms with Crippen LogP contribution in [0.1, 0.15) is 13.8 Å². The molecule has 1 heterocycles. The molecule has 7 heteroatoms. The zero-order chi connectivity index (χ0) is 16.3. The summed E-state index contributed by atoms with van der Waals surface area (Å²) in [5, 5.41) is 3.39. The maximum atomic E-state index is 12.1. The van der Waals surface area contributed by atoms with Gasteiger partial charge in [0.25, 0.3) is 5.79 Å². The van der Waals surface area contributed by atoms with Crippen LogP contribution in [-0.4, -0.2) is 31.1 Å². The fourth-order valence-electron chi connectivity index (χ4n) is 1.86. The summed E-state index contributed by atoms with van der Waals surface area (Å²) in [6.45, 7) is 3.02. The van der Waals surface area contributed by atoms with E-state index in [2.05, 4.69) is 5.32 Å². The summed E-state index contributed by atoms with van der Waals surface area (Å²) in [7, 11) is 1.58. The number of anilines is 1. The Hall–Kier alpha value is -2.15. The molecule has 0 unspecified atom stereocenters. The molecule has 1 aromatic rings. The number of rotatable bonds is 4. The third kappa shape index (κ3) is 3.54. The number of carbonyl (C=O) groups is 2. The van der Waals surface area contributed by atoms with Crippen molar-refractivity contribution < 1.29 is 23.8 Å². The second-order valence-electron chi connectivity index (χ2n) is 4.94. The third-order valence-corrected chi connectivity index (χ3v) is 3.58. The first-order valence-electron chi connectivity index (χ1n) is 6.52. The summed E-state index contributed by atoms with van der Waals surface area (Å²) in [5.74, 6) is -1.94. The van der Waals surface area contributed by atoms with Gasteiger partial charge in [0.05, 0.1) is 12.1 Å². The number of ether oxygens (including phenoxy) is 3. The van der Waals surface area contributed by atoms with Crippen molar-refractivity contribution in [1.29, 1.82) is 0 Å². The smallest absolute Gasteiger partial charge is 0.351 e. The molecule has 6 nitrogen and oxygen atoms in total. The molecule has 1 fully saturated rings. The van der Waals surface area contributed by atoms with Crippen molar-refractivity contribution in [2.75, 3.05) is 18.7 Å². The van der Waals surface area contributed by atoms with Gasteiger partial charge in [-0.2, -0.15) is 0 Å². The van der Waals surface area contributed by atoms with Gasteiger partial charge in [0.2, 0.25) is 0 Å². The van der Waals surface area contributed by atoms with Crippen LogP contribution in [0.2, 0.25) is 0 Å². The maximum absolute atomic E-state index is 12.1. The predicted molar refractivity (Wildman–Crippen MR) is 83.4 cm³/mol. The summed E-state index contributed by atoms with van der Waals surface area (Å²) in [6.07, 6.45) is 1.75. The second kappa shape index (κ2) is 6.31. The molecule has 0 spiro atoms. The fraction of sp³-hybridized carbons (Fsp3) is 0.333. The molecule has 0 amide bonds. The standard InChI is InChI=1S/C15H17NO5S/c1-15(2)20-13(17)11(14(18)21-15)12(22-4)16-9-5-7-10(19-3)8-6-9/h5-8,16H,1-4H3. The van der Waals surface area contributed by atoms with Crippen LogP contribution in [0, 0.1) is 0 Å². The molecule has 1 N–H and O–H groups in total. The number of nitrogens with one attached hydrogen (secondary N) is 1. The molecule has 118 valence electrons. The average molecular weight is 323 g/mol. The van der Waals surface area contributed by atoms with Gasteiger partial charge in [-0.15, -0.1) is 11.8 Å². The van der Waals surface area contributed by atoms with Gasteiger partial charge >= 0.3 is 11.9 Å². The Morgan fingerprint density at radius 1 is 1.14 bits per heavy atom. The Labute approximate surface area is 132 Å². The number of carbonyl (C=O) groups excluding carboxylic acids is 2. The predicted octanol–water partition coefficient (Wildman–Crippen LogP) is 2.52. The Morgan fingerprint density at radius 2 is 1.68 bits per heavy atom. The summed E-state index contributed by atoms with van der Waals surface area (Å²) in [5.41, 5.74) is 0.575. The number of cyclic esters (lactones) is 2. The molecule has 2 rings (SSSR count). The van der Waals surface area contributed by atoms with Crippen LogP contribution >= 0.6 is 11.8 Å². The van der Waals surface area contributed by atoms with Gasteiger partial charge in [0.1, 0.15) is 5.75 Å². The number of hydrogen-bond donors (Lipinski definition) is 1. The SMILES string of the molecule is COc1ccc(NC(SC)=C2C(=O)OC(C)(C)OC2=O)cc1. The van der Waals surface area contributed by atoms with E-state index < -0.39 is 17.7 Å². The molecule has 1 aliphatic heterocycles. The zero-order valence-corrected chi connectivity index (χ0v) is 13.6. The van der Waals surface area contributed by atoms with E-state index in [1.54, 1.807) is 37.6 Å². The van der Waals surface area contributed by atoms with E-state index in [4.69, 9.17) is 14.2 Å². The first kappa shape index (κ1) is 16.2. The van der Waals surface area contributed by atoms with Gasteiger partial charge in [-0.3, -0.25) is 0 Å². The Kier molecular flexibility index (Phi) is 4.65. The van der Waals surface area contributed by atoms with Gasteiger partial charge in [-0.25, -0.2) is 9.59 Å². The van der Waals surface area contributed by atoms with Crippen molar-refractivity contribution in [3.63, 3.8) is 0 Å². The van der Waals surface area contributed by atoms with Gasteiger partial charge in [0, 0.05) is 19.5 Å². The molecule has 0 bridgehead atoms. The highest BCUT2D eigenvalue weighted by Gasteiger charge is 2.41. The van der Waals surface area contributed by atoms with Crippen molar-refractivity contribution in [3.8, 4) is 5.75 Å². The lowest BCUT2D eigenvalue weighted by molar-refractivity contribution is -0.222. The van der Waals surface area contributed by atoms with E-state index in [0.29, 0.717) is 16.5 Å².